The lowest BCUT2D eigenvalue weighted by Gasteiger charge is -2.01. The lowest BCUT2D eigenvalue weighted by molar-refractivity contribution is 0.582. The van der Waals surface area contributed by atoms with Gasteiger partial charge in [-0.2, -0.15) is 10.2 Å². The van der Waals surface area contributed by atoms with Gasteiger partial charge in [0.05, 0.1) is 23.7 Å². The first kappa shape index (κ1) is 13.6. The number of nitrogen functional groups attached to an aromatic ring is 1. The highest BCUT2D eigenvalue weighted by molar-refractivity contribution is 7.91. The number of hydrogen-bond acceptors (Lipinski definition) is 5. The van der Waals surface area contributed by atoms with E-state index in [0.717, 1.165) is 5.69 Å². The highest BCUT2D eigenvalue weighted by Gasteiger charge is 2.13. The molecule has 0 aliphatic carbocycles. The molecule has 0 radical (unpaired) electrons. The van der Waals surface area contributed by atoms with Crippen LogP contribution in [-0.4, -0.2) is 39.5 Å². The fourth-order valence-electron chi connectivity index (χ4n) is 1.73. The lowest BCUT2D eigenvalue weighted by Crippen LogP contribution is -2.15. The highest BCUT2D eigenvalue weighted by atomic mass is 32.2. The molecule has 19 heavy (non-hydrogen) atoms. The van der Waals surface area contributed by atoms with Crippen molar-refractivity contribution in [3.05, 3.63) is 18.5 Å². The molecule has 8 heteroatoms. The molecule has 0 saturated carbocycles. The predicted molar refractivity (Wildman–Crippen MR) is 73.2 cm³/mol. The minimum absolute atomic E-state index is 0.0649. The van der Waals surface area contributed by atoms with Gasteiger partial charge in [-0.1, -0.05) is 6.92 Å². The van der Waals surface area contributed by atoms with Crippen LogP contribution in [0.4, 0.5) is 5.69 Å². The zero-order valence-electron chi connectivity index (χ0n) is 10.9. The van der Waals surface area contributed by atoms with Gasteiger partial charge in [-0.3, -0.25) is 9.36 Å². The topological polar surface area (TPSA) is 95.8 Å². The quantitative estimate of drug-likeness (QED) is 0.851. The van der Waals surface area contributed by atoms with Crippen LogP contribution < -0.4 is 5.73 Å². The van der Waals surface area contributed by atoms with Crippen molar-refractivity contribution in [2.45, 2.75) is 13.5 Å². The molecule has 2 aromatic rings. The van der Waals surface area contributed by atoms with Crippen LogP contribution in [0.2, 0.25) is 0 Å². The number of sulfone groups is 1. The molecule has 2 rings (SSSR count). The Morgan fingerprint density at radius 2 is 2.16 bits per heavy atom. The fraction of sp³-hybridized carbons (Fsp3) is 0.455. The molecule has 0 unspecified atom stereocenters. The number of nitrogens with two attached hydrogens (primary N) is 1. The predicted octanol–water partition coefficient (Wildman–Crippen LogP) is 0.300. The Morgan fingerprint density at radius 3 is 2.74 bits per heavy atom. The van der Waals surface area contributed by atoms with Gasteiger partial charge in [0.2, 0.25) is 0 Å². The number of nitrogens with zero attached hydrogens (tertiary/aromatic N) is 4. The third kappa shape index (κ3) is 2.95. The summed E-state index contributed by atoms with van der Waals surface area (Å²) in [6, 6.07) is 1.81. The smallest absolute Gasteiger partial charge is 0.151 e. The average Bonchev–Trinajstić information content (AvgIpc) is 2.93. The molecule has 0 bridgehead atoms. The molecule has 2 N–H and O–H groups in total. The van der Waals surface area contributed by atoms with E-state index in [-0.39, 0.29) is 11.5 Å². The first-order valence-electron chi connectivity index (χ1n) is 5.94. The number of hydrogen-bond donors (Lipinski definition) is 1. The van der Waals surface area contributed by atoms with Gasteiger partial charge in [0, 0.05) is 25.2 Å². The van der Waals surface area contributed by atoms with Crippen LogP contribution in [0.5, 0.6) is 0 Å². The third-order valence-electron chi connectivity index (χ3n) is 2.92. The van der Waals surface area contributed by atoms with Gasteiger partial charge >= 0.3 is 0 Å². The Morgan fingerprint density at radius 1 is 1.42 bits per heavy atom. The number of rotatable bonds is 5. The molecule has 0 amide bonds. The summed E-state index contributed by atoms with van der Waals surface area (Å²) < 4.78 is 26.2. The number of aromatic nitrogens is 4. The summed E-state index contributed by atoms with van der Waals surface area (Å²) >= 11 is 0. The first-order chi connectivity index (χ1) is 8.93. The average molecular weight is 283 g/mol. The Labute approximate surface area is 111 Å². The summed E-state index contributed by atoms with van der Waals surface area (Å²) in [6.07, 6.45) is 3.31. The van der Waals surface area contributed by atoms with Crippen molar-refractivity contribution in [2.75, 3.05) is 17.2 Å². The van der Waals surface area contributed by atoms with Crippen LogP contribution in [0.25, 0.3) is 11.4 Å². The van der Waals surface area contributed by atoms with Crippen molar-refractivity contribution >= 4 is 15.5 Å². The molecular weight excluding hydrogens is 266 g/mol. The van der Waals surface area contributed by atoms with Crippen molar-refractivity contribution in [1.29, 1.82) is 0 Å². The van der Waals surface area contributed by atoms with Crippen molar-refractivity contribution < 1.29 is 8.42 Å². The van der Waals surface area contributed by atoms with Crippen molar-refractivity contribution in [3.8, 4) is 11.4 Å². The third-order valence-corrected chi connectivity index (χ3v) is 4.61. The monoisotopic (exact) mass is 283 g/mol. The zero-order chi connectivity index (χ0) is 14.0. The lowest BCUT2D eigenvalue weighted by atomic mass is 10.3. The van der Waals surface area contributed by atoms with Crippen molar-refractivity contribution in [2.24, 2.45) is 7.05 Å². The van der Waals surface area contributed by atoms with E-state index in [9.17, 15) is 8.42 Å². The zero-order valence-corrected chi connectivity index (χ0v) is 11.8. The molecule has 2 aromatic heterocycles. The fourth-order valence-corrected chi connectivity index (χ4v) is 2.49. The summed E-state index contributed by atoms with van der Waals surface area (Å²) in [6.45, 7) is 1.94. The van der Waals surface area contributed by atoms with Crippen LogP contribution in [0.1, 0.15) is 6.92 Å². The van der Waals surface area contributed by atoms with E-state index >= 15 is 0 Å². The SMILES string of the molecule is CCS(=O)(=O)CCn1cc(N)c(-c2ccnn2C)n1. The molecule has 2 heterocycles. The van der Waals surface area contributed by atoms with Gasteiger partial charge in [-0.15, -0.1) is 0 Å². The molecule has 0 aromatic carbocycles. The van der Waals surface area contributed by atoms with Crippen LogP contribution in [0, 0.1) is 0 Å². The second-order valence-electron chi connectivity index (χ2n) is 4.27. The molecule has 0 aliphatic rings. The van der Waals surface area contributed by atoms with Crippen LogP contribution in [0.15, 0.2) is 18.5 Å². The van der Waals surface area contributed by atoms with E-state index in [2.05, 4.69) is 10.2 Å². The van der Waals surface area contributed by atoms with E-state index in [1.807, 2.05) is 6.07 Å². The molecule has 0 aliphatic heterocycles. The van der Waals surface area contributed by atoms with Crippen molar-refractivity contribution in [1.82, 2.24) is 19.6 Å². The first-order valence-corrected chi connectivity index (χ1v) is 7.77. The molecule has 0 atom stereocenters. The summed E-state index contributed by atoms with van der Waals surface area (Å²) in [5.41, 5.74) is 7.83. The molecule has 104 valence electrons. The Kier molecular flexibility index (Phi) is 3.61. The Hall–Kier alpha value is -1.83. The summed E-state index contributed by atoms with van der Waals surface area (Å²) in [4.78, 5) is 0. The summed E-state index contributed by atoms with van der Waals surface area (Å²) in [5, 5.41) is 8.37. The number of aryl methyl sites for hydroxylation is 2. The van der Waals surface area contributed by atoms with Crippen LogP contribution in [-0.2, 0) is 23.4 Å². The molecule has 0 spiro atoms. The molecule has 0 saturated heterocycles. The largest absolute Gasteiger partial charge is 0.396 e. The van der Waals surface area contributed by atoms with E-state index < -0.39 is 9.84 Å². The van der Waals surface area contributed by atoms with Gasteiger partial charge in [0.25, 0.3) is 0 Å². The van der Waals surface area contributed by atoms with Crippen LogP contribution >= 0.6 is 0 Å². The summed E-state index contributed by atoms with van der Waals surface area (Å²) in [7, 11) is -1.20. The summed E-state index contributed by atoms with van der Waals surface area (Å²) in [5.74, 6) is 0.202. The maximum absolute atomic E-state index is 11.5. The second kappa shape index (κ2) is 5.04. The standard InChI is InChI=1S/C11H17N5O2S/c1-3-19(17,18)7-6-16-8-9(12)11(14-16)10-4-5-13-15(10)2/h4-5,8H,3,6-7,12H2,1-2H3. The van der Waals surface area contributed by atoms with Gasteiger partial charge in [0.15, 0.2) is 9.84 Å². The van der Waals surface area contributed by atoms with Gasteiger partial charge < -0.3 is 5.73 Å². The second-order valence-corrected chi connectivity index (χ2v) is 6.75. The maximum atomic E-state index is 11.5. The van der Waals surface area contributed by atoms with E-state index in [0.29, 0.717) is 17.9 Å². The Bertz CT molecular complexity index is 671. The number of anilines is 1. The van der Waals surface area contributed by atoms with E-state index in [1.54, 1.807) is 35.7 Å². The van der Waals surface area contributed by atoms with Gasteiger partial charge in [0.1, 0.15) is 5.69 Å². The highest BCUT2D eigenvalue weighted by Crippen LogP contribution is 2.22. The van der Waals surface area contributed by atoms with E-state index in [4.69, 9.17) is 5.73 Å². The molecule has 0 fully saturated rings. The van der Waals surface area contributed by atoms with Gasteiger partial charge in [-0.25, -0.2) is 8.42 Å². The van der Waals surface area contributed by atoms with Crippen LogP contribution in [0.3, 0.4) is 0 Å². The van der Waals surface area contributed by atoms with E-state index in [1.165, 1.54) is 0 Å². The maximum Gasteiger partial charge on any atom is 0.151 e. The minimum atomic E-state index is -3.00. The Balaban J connectivity index is 2.21. The normalized spacial score (nSPS) is 11.9. The van der Waals surface area contributed by atoms with Gasteiger partial charge in [-0.05, 0) is 6.07 Å². The van der Waals surface area contributed by atoms with Crippen molar-refractivity contribution in [3.63, 3.8) is 0 Å². The molecular formula is C11H17N5O2S. The minimum Gasteiger partial charge on any atom is -0.396 e. The molecule has 7 nitrogen and oxygen atoms in total.